The van der Waals surface area contributed by atoms with Crippen molar-refractivity contribution in [2.45, 2.75) is 0 Å². The predicted molar refractivity (Wildman–Crippen MR) is 168 cm³/mol. The zero-order chi connectivity index (χ0) is 27.9. The third kappa shape index (κ3) is 3.29. The first-order chi connectivity index (χ1) is 20.6. The Balaban J connectivity index is 1.22. The molecule has 4 N–H and O–H groups in total. The molecule has 0 spiro atoms. The normalized spacial score (nSPS) is 12.0. The topological polar surface area (TPSA) is 123 Å². The maximum atomic E-state index is 13.8. The highest BCUT2D eigenvalue weighted by Gasteiger charge is 2.14. The fourth-order valence-corrected chi connectivity index (χ4v) is 5.92. The number of aromatic amines is 4. The highest BCUT2D eigenvalue weighted by atomic mass is 16.1. The van der Waals surface area contributed by atoms with Gasteiger partial charge in [-0.25, -0.2) is 9.97 Å². The molecule has 4 aromatic heterocycles. The van der Waals surface area contributed by atoms with Gasteiger partial charge in [-0.3, -0.25) is 9.59 Å². The number of benzene rings is 5. The first-order valence-corrected chi connectivity index (χ1v) is 13.6. The second kappa shape index (κ2) is 8.25. The largest absolute Gasteiger partial charge is 0.354 e. The molecule has 4 heterocycles. The fraction of sp³-hybridized carbons (Fsp3) is 0. The molecule has 0 atom stereocenters. The lowest BCUT2D eigenvalue weighted by atomic mass is 10.0. The molecule has 0 saturated carbocycles. The zero-order valence-corrected chi connectivity index (χ0v) is 21.9. The lowest BCUT2D eigenvalue weighted by Crippen LogP contribution is -2.08. The van der Waals surface area contributed by atoms with Gasteiger partial charge in [0, 0.05) is 43.7 Å². The Morgan fingerprint density at radius 1 is 0.405 bits per heavy atom. The second-order valence-corrected chi connectivity index (χ2v) is 10.6. The average Bonchev–Trinajstić information content (AvgIpc) is 3.66. The van der Waals surface area contributed by atoms with Gasteiger partial charge in [-0.15, -0.1) is 0 Å². The minimum absolute atomic E-state index is 0.111. The SMILES string of the molecule is O=c1c2cc(-c3nc4ccccc4[nH]3)ccc2[nH]c2cc3c(=O)c4cc(-c5nc6ccccc6[nH]5)ccc4[nH]c3cc12. The van der Waals surface area contributed by atoms with E-state index < -0.39 is 0 Å². The average molecular weight is 545 g/mol. The van der Waals surface area contributed by atoms with Crippen LogP contribution in [-0.4, -0.2) is 29.9 Å². The Labute approximate surface area is 235 Å². The quantitative estimate of drug-likeness (QED) is 0.180. The summed E-state index contributed by atoms with van der Waals surface area (Å²) in [6.45, 7) is 0. The van der Waals surface area contributed by atoms with Crippen molar-refractivity contribution in [2.24, 2.45) is 0 Å². The molecule has 9 aromatic rings. The van der Waals surface area contributed by atoms with Crippen molar-refractivity contribution in [3.63, 3.8) is 0 Å². The van der Waals surface area contributed by atoms with Crippen LogP contribution in [0.5, 0.6) is 0 Å². The number of imidazole rings is 2. The van der Waals surface area contributed by atoms with Crippen LogP contribution in [0.2, 0.25) is 0 Å². The van der Waals surface area contributed by atoms with Crippen molar-refractivity contribution in [3.05, 3.63) is 118 Å². The molecular formula is C34H20N6O2. The summed E-state index contributed by atoms with van der Waals surface area (Å²) in [5, 5.41) is 2.12. The molecule has 0 amide bonds. The van der Waals surface area contributed by atoms with Gasteiger partial charge < -0.3 is 19.9 Å². The summed E-state index contributed by atoms with van der Waals surface area (Å²) in [5.41, 5.74) is 7.63. The van der Waals surface area contributed by atoms with E-state index in [0.29, 0.717) is 55.3 Å². The number of aromatic nitrogens is 6. The fourth-order valence-electron chi connectivity index (χ4n) is 5.92. The van der Waals surface area contributed by atoms with Crippen LogP contribution in [0.4, 0.5) is 0 Å². The van der Waals surface area contributed by atoms with E-state index in [1.54, 1.807) is 12.1 Å². The molecule has 8 heteroatoms. The van der Waals surface area contributed by atoms with E-state index in [4.69, 9.17) is 0 Å². The number of para-hydroxylation sites is 4. The van der Waals surface area contributed by atoms with E-state index >= 15 is 0 Å². The summed E-state index contributed by atoms with van der Waals surface area (Å²) >= 11 is 0. The molecular weight excluding hydrogens is 524 g/mol. The zero-order valence-electron chi connectivity index (χ0n) is 21.9. The number of hydrogen-bond acceptors (Lipinski definition) is 4. The standard InChI is InChI=1S/C34H20N6O2/c41-31-19-13-17(33-37-25-5-1-2-6-26(25)38-33)9-11-23(19)35-29-16-22-30(15-21(29)31)36-24-12-10-18(14-20(24)32(22)42)34-39-27-7-3-4-8-28(27)40-34/h1-16H,(H,35,41)(H,36,42)(H,37,38)(H,39,40). The molecule has 0 fully saturated rings. The number of nitrogens with one attached hydrogen (secondary N) is 4. The second-order valence-electron chi connectivity index (χ2n) is 10.6. The molecule has 42 heavy (non-hydrogen) atoms. The number of rotatable bonds is 2. The van der Waals surface area contributed by atoms with Crippen LogP contribution in [-0.2, 0) is 0 Å². The van der Waals surface area contributed by atoms with Crippen molar-refractivity contribution in [2.75, 3.05) is 0 Å². The monoisotopic (exact) mass is 544 g/mol. The number of nitrogens with zero attached hydrogens (tertiary/aromatic N) is 2. The third-order valence-electron chi connectivity index (χ3n) is 8.04. The number of hydrogen-bond donors (Lipinski definition) is 4. The van der Waals surface area contributed by atoms with Crippen LogP contribution in [0.1, 0.15) is 0 Å². The molecule has 0 bridgehead atoms. The van der Waals surface area contributed by atoms with Gasteiger partial charge >= 0.3 is 0 Å². The Morgan fingerprint density at radius 2 is 0.833 bits per heavy atom. The molecule has 0 unspecified atom stereocenters. The predicted octanol–water partition coefficient (Wildman–Crippen LogP) is 6.76. The third-order valence-corrected chi connectivity index (χ3v) is 8.04. The van der Waals surface area contributed by atoms with E-state index in [1.165, 1.54) is 0 Å². The summed E-state index contributed by atoms with van der Waals surface area (Å²) < 4.78 is 0. The van der Waals surface area contributed by atoms with Crippen molar-refractivity contribution in [1.82, 2.24) is 29.9 Å². The summed E-state index contributed by atoms with van der Waals surface area (Å²) in [4.78, 5) is 50.3. The van der Waals surface area contributed by atoms with Crippen LogP contribution < -0.4 is 10.9 Å². The van der Waals surface area contributed by atoms with Crippen LogP contribution in [0, 0.1) is 0 Å². The van der Waals surface area contributed by atoms with Gasteiger partial charge in [0.25, 0.3) is 0 Å². The van der Waals surface area contributed by atoms with Crippen LogP contribution in [0.15, 0.2) is 107 Å². The highest BCUT2D eigenvalue weighted by Crippen LogP contribution is 2.27. The molecule has 5 aromatic carbocycles. The van der Waals surface area contributed by atoms with Crippen molar-refractivity contribution in [3.8, 4) is 22.8 Å². The molecule has 9 rings (SSSR count). The van der Waals surface area contributed by atoms with E-state index in [-0.39, 0.29) is 10.9 Å². The smallest absolute Gasteiger partial charge is 0.197 e. The maximum absolute atomic E-state index is 13.8. The van der Waals surface area contributed by atoms with E-state index in [1.807, 2.05) is 84.9 Å². The lowest BCUT2D eigenvalue weighted by Gasteiger charge is -2.08. The molecule has 0 aliphatic heterocycles. The van der Waals surface area contributed by atoms with Gasteiger partial charge in [0.15, 0.2) is 10.9 Å². The molecule has 0 saturated heterocycles. The summed E-state index contributed by atoms with van der Waals surface area (Å²) in [7, 11) is 0. The molecule has 0 radical (unpaired) electrons. The van der Waals surface area contributed by atoms with Crippen LogP contribution >= 0.6 is 0 Å². The molecule has 198 valence electrons. The van der Waals surface area contributed by atoms with E-state index in [2.05, 4.69) is 29.9 Å². The van der Waals surface area contributed by atoms with E-state index in [9.17, 15) is 9.59 Å². The van der Waals surface area contributed by atoms with Crippen molar-refractivity contribution < 1.29 is 0 Å². The Hall–Kier alpha value is -6.02. The van der Waals surface area contributed by atoms with Gasteiger partial charge in [0.05, 0.1) is 33.1 Å². The lowest BCUT2D eigenvalue weighted by molar-refractivity contribution is 1.34. The van der Waals surface area contributed by atoms with Crippen molar-refractivity contribution in [1.29, 1.82) is 0 Å². The van der Waals surface area contributed by atoms with Gasteiger partial charge in [-0.2, -0.15) is 0 Å². The van der Waals surface area contributed by atoms with E-state index in [0.717, 1.165) is 33.2 Å². The van der Waals surface area contributed by atoms with Crippen LogP contribution in [0.25, 0.3) is 88.5 Å². The summed E-state index contributed by atoms with van der Waals surface area (Å²) in [6.07, 6.45) is 0. The maximum Gasteiger partial charge on any atom is 0.197 e. The first-order valence-electron chi connectivity index (χ1n) is 13.6. The van der Waals surface area contributed by atoms with Gasteiger partial charge in [-0.05, 0) is 72.8 Å². The number of fused-ring (bicyclic) bond motifs is 6. The minimum Gasteiger partial charge on any atom is -0.354 e. The summed E-state index contributed by atoms with van der Waals surface area (Å²) in [6, 6.07) is 30.5. The van der Waals surface area contributed by atoms with Crippen LogP contribution in [0.3, 0.4) is 0 Å². The molecule has 0 aliphatic rings. The van der Waals surface area contributed by atoms with Gasteiger partial charge in [-0.1, -0.05) is 24.3 Å². The summed E-state index contributed by atoms with van der Waals surface area (Å²) in [5.74, 6) is 1.41. The Morgan fingerprint density at radius 3 is 1.29 bits per heavy atom. The molecule has 0 aliphatic carbocycles. The Bertz CT molecular complexity index is 2440. The van der Waals surface area contributed by atoms with Gasteiger partial charge in [0.2, 0.25) is 0 Å². The van der Waals surface area contributed by atoms with Gasteiger partial charge in [0.1, 0.15) is 11.6 Å². The minimum atomic E-state index is -0.111. The first kappa shape index (κ1) is 22.8. The molecule has 8 nitrogen and oxygen atoms in total. The Kier molecular flexibility index (Phi) is 4.47. The highest BCUT2D eigenvalue weighted by molar-refractivity contribution is 6.03. The van der Waals surface area contributed by atoms with Crippen molar-refractivity contribution >= 4 is 65.7 Å². The number of pyridine rings is 2. The number of H-pyrrole nitrogens is 4.